The van der Waals surface area contributed by atoms with Crippen LogP contribution in [0.25, 0.3) is 34.3 Å². The summed E-state index contributed by atoms with van der Waals surface area (Å²) >= 11 is 0. The highest BCUT2D eigenvalue weighted by atomic mass is 16.5. The largest absolute Gasteiger partial charge is 0.479 e. The monoisotopic (exact) mass is 475 g/mol. The minimum atomic E-state index is -1.04. The van der Waals surface area contributed by atoms with Crippen molar-refractivity contribution in [3.8, 4) is 23.0 Å². The molecule has 0 aliphatic carbocycles. The summed E-state index contributed by atoms with van der Waals surface area (Å²) in [6.07, 6.45) is 4.39. The molecule has 1 saturated heterocycles. The lowest BCUT2D eigenvalue weighted by Crippen LogP contribution is -2.37. The number of fused-ring (bicyclic) bond motifs is 1. The van der Waals surface area contributed by atoms with Crippen LogP contribution in [0.5, 0.6) is 5.88 Å². The Kier molecular flexibility index (Phi) is 6.15. The zero-order valence-electron chi connectivity index (χ0n) is 19.5. The van der Waals surface area contributed by atoms with Gasteiger partial charge in [0.05, 0.1) is 25.9 Å². The quantitative estimate of drug-likeness (QED) is 0.402. The maximum atomic E-state index is 11.1. The van der Waals surface area contributed by atoms with E-state index in [0.717, 1.165) is 17.2 Å². The molecule has 0 spiro atoms. The minimum Gasteiger partial charge on any atom is -0.479 e. The van der Waals surface area contributed by atoms with Gasteiger partial charge in [0.15, 0.2) is 17.0 Å². The average Bonchev–Trinajstić information content (AvgIpc) is 3.49. The highest BCUT2D eigenvalue weighted by Gasteiger charge is 2.24. The first-order valence-corrected chi connectivity index (χ1v) is 11.3. The number of anilines is 1. The summed E-state index contributed by atoms with van der Waals surface area (Å²) < 4.78 is 14.5. The highest BCUT2D eigenvalue weighted by Crippen LogP contribution is 2.31. The summed E-state index contributed by atoms with van der Waals surface area (Å²) in [5.74, 6) is 0.928. The molecule has 1 aliphatic rings. The van der Waals surface area contributed by atoms with E-state index >= 15 is 0 Å². The molecule has 35 heavy (non-hydrogen) atoms. The van der Waals surface area contributed by atoms with Crippen LogP contribution in [0, 0.1) is 0 Å². The Hall–Kier alpha value is -4.25. The number of aromatic nitrogens is 6. The number of nitrogens with zero attached hydrogens (tertiary/aromatic N) is 7. The molecule has 0 unspecified atom stereocenters. The molecule has 11 nitrogen and oxygen atoms in total. The molecular weight excluding hydrogens is 450 g/mol. The van der Waals surface area contributed by atoms with Gasteiger partial charge in [-0.05, 0) is 18.6 Å². The molecule has 4 aromatic rings. The summed E-state index contributed by atoms with van der Waals surface area (Å²) in [5, 5.41) is 13.7. The van der Waals surface area contributed by atoms with Gasteiger partial charge in [0.2, 0.25) is 5.88 Å². The van der Waals surface area contributed by atoms with Gasteiger partial charge >= 0.3 is 5.97 Å². The second-order valence-electron chi connectivity index (χ2n) is 7.87. The number of hydrogen-bond acceptors (Lipinski definition) is 8. The number of carboxylic acid groups (broad SMARTS) is 1. The number of imidazole rings is 1. The van der Waals surface area contributed by atoms with Gasteiger partial charge in [-0.1, -0.05) is 30.3 Å². The molecule has 11 heteroatoms. The van der Waals surface area contributed by atoms with Crippen LogP contribution in [0.2, 0.25) is 0 Å². The third kappa shape index (κ3) is 4.33. The fourth-order valence-electron chi connectivity index (χ4n) is 4.10. The van der Waals surface area contributed by atoms with Crippen LogP contribution in [-0.2, 0) is 16.1 Å². The van der Waals surface area contributed by atoms with Gasteiger partial charge in [-0.25, -0.2) is 14.5 Å². The number of aliphatic carboxylic acids is 1. The van der Waals surface area contributed by atoms with E-state index in [9.17, 15) is 4.79 Å². The summed E-state index contributed by atoms with van der Waals surface area (Å²) in [7, 11) is 1.58. The number of ether oxygens (including phenoxy) is 2. The average molecular weight is 476 g/mol. The molecule has 1 aliphatic heterocycles. The Morgan fingerprint density at radius 1 is 1.17 bits per heavy atom. The SMILES string of the molecule is CCn1c(/C=C/C(=O)O)nc2c(N3CCOCC3)nc(-n3cc(-c4ccccc4)c(OC)n3)nc21. The molecule has 1 fully saturated rings. The molecule has 180 valence electrons. The van der Waals surface area contributed by atoms with Crippen LogP contribution in [0.15, 0.2) is 42.6 Å². The molecule has 1 N–H and O–H groups in total. The van der Waals surface area contributed by atoms with Crippen LogP contribution >= 0.6 is 0 Å². The smallest absolute Gasteiger partial charge is 0.328 e. The van der Waals surface area contributed by atoms with Crippen LogP contribution < -0.4 is 9.64 Å². The van der Waals surface area contributed by atoms with Gasteiger partial charge < -0.3 is 24.0 Å². The van der Waals surface area contributed by atoms with E-state index in [0.29, 0.717) is 67.5 Å². The zero-order chi connectivity index (χ0) is 24.4. The molecular formula is C24H25N7O4. The topological polar surface area (TPSA) is 120 Å². The molecule has 0 saturated carbocycles. The molecule has 0 bridgehead atoms. The zero-order valence-corrected chi connectivity index (χ0v) is 19.5. The lowest BCUT2D eigenvalue weighted by atomic mass is 10.1. The number of rotatable bonds is 7. The highest BCUT2D eigenvalue weighted by molar-refractivity contribution is 5.88. The van der Waals surface area contributed by atoms with Crippen LogP contribution in [0.3, 0.4) is 0 Å². The number of carbonyl (C=O) groups is 1. The lowest BCUT2D eigenvalue weighted by Gasteiger charge is -2.28. The van der Waals surface area contributed by atoms with Crippen molar-refractivity contribution >= 4 is 29.0 Å². The van der Waals surface area contributed by atoms with Crippen molar-refractivity contribution in [1.82, 2.24) is 29.3 Å². The van der Waals surface area contributed by atoms with E-state index < -0.39 is 5.97 Å². The Bertz CT molecular complexity index is 1390. The summed E-state index contributed by atoms with van der Waals surface area (Å²) in [6.45, 7) is 4.97. The van der Waals surface area contributed by atoms with Gasteiger partial charge in [0.1, 0.15) is 5.82 Å². The van der Waals surface area contributed by atoms with Gasteiger partial charge in [0, 0.05) is 31.9 Å². The Labute approximate surface area is 201 Å². The Morgan fingerprint density at radius 2 is 1.94 bits per heavy atom. The van der Waals surface area contributed by atoms with Crippen molar-refractivity contribution in [2.24, 2.45) is 0 Å². The minimum absolute atomic E-state index is 0.364. The maximum Gasteiger partial charge on any atom is 0.328 e. The van der Waals surface area contributed by atoms with E-state index in [4.69, 9.17) is 29.5 Å². The second-order valence-corrected chi connectivity index (χ2v) is 7.87. The van der Waals surface area contributed by atoms with Crippen molar-refractivity contribution in [1.29, 1.82) is 0 Å². The van der Waals surface area contributed by atoms with E-state index in [1.165, 1.54) is 6.08 Å². The predicted octanol–water partition coefficient (Wildman–Crippen LogP) is 2.64. The molecule has 4 heterocycles. The third-order valence-corrected chi connectivity index (χ3v) is 5.76. The number of aryl methyl sites for hydroxylation is 1. The summed E-state index contributed by atoms with van der Waals surface area (Å²) in [5.41, 5.74) is 2.98. The van der Waals surface area contributed by atoms with Crippen LogP contribution in [0.1, 0.15) is 12.7 Å². The number of morpholine rings is 1. The fourth-order valence-corrected chi connectivity index (χ4v) is 4.10. The standard InChI is InChI=1S/C24H25N7O4/c1-3-30-18(9-10-19(32)33)25-20-21(29-11-13-35-14-12-29)26-24(27-22(20)30)31-15-17(23(28-31)34-2)16-7-5-4-6-8-16/h4-10,15H,3,11-14H2,1-2H3,(H,32,33)/b10-9+. The number of benzene rings is 1. The molecule has 1 aromatic carbocycles. The summed E-state index contributed by atoms with van der Waals surface area (Å²) in [4.78, 5) is 27.6. The van der Waals surface area contributed by atoms with Crippen molar-refractivity contribution in [3.63, 3.8) is 0 Å². The normalized spacial score (nSPS) is 14.2. The number of hydrogen-bond donors (Lipinski definition) is 1. The van der Waals surface area contributed by atoms with Crippen molar-refractivity contribution in [2.75, 3.05) is 38.3 Å². The molecule has 0 radical (unpaired) electrons. The first kappa shape index (κ1) is 22.5. The van der Waals surface area contributed by atoms with Gasteiger partial charge in [-0.3, -0.25) is 0 Å². The fraction of sp³-hybridized carbons (Fsp3) is 0.292. The number of carboxylic acids is 1. The first-order valence-electron chi connectivity index (χ1n) is 11.3. The summed E-state index contributed by atoms with van der Waals surface area (Å²) in [6, 6.07) is 9.84. The Balaban J connectivity index is 1.70. The van der Waals surface area contributed by atoms with E-state index in [-0.39, 0.29) is 0 Å². The lowest BCUT2D eigenvalue weighted by molar-refractivity contribution is -0.131. The van der Waals surface area contributed by atoms with Crippen LogP contribution in [0.4, 0.5) is 5.82 Å². The molecule has 3 aromatic heterocycles. The van der Waals surface area contributed by atoms with E-state index in [1.54, 1.807) is 11.8 Å². The van der Waals surface area contributed by atoms with E-state index in [2.05, 4.69) is 10.00 Å². The van der Waals surface area contributed by atoms with Crippen LogP contribution in [-0.4, -0.2) is 73.8 Å². The van der Waals surface area contributed by atoms with Gasteiger partial charge in [0.25, 0.3) is 5.95 Å². The van der Waals surface area contributed by atoms with Crippen molar-refractivity contribution < 1.29 is 19.4 Å². The molecule has 0 atom stereocenters. The second kappa shape index (κ2) is 9.55. The molecule has 0 amide bonds. The molecule has 5 rings (SSSR count). The third-order valence-electron chi connectivity index (χ3n) is 5.76. The Morgan fingerprint density at radius 3 is 2.63 bits per heavy atom. The maximum absolute atomic E-state index is 11.1. The van der Waals surface area contributed by atoms with Gasteiger partial charge in [-0.15, -0.1) is 5.10 Å². The van der Waals surface area contributed by atoms with E-state index in [1.807, 2.05) is 48.0 Å². The van der Waals surface area contributed by atoms with Crippen molar-refractivity contribution in [2.45, 2.75) is 13.5 Å². The number of methoxy groups -OCH3 is 1. The predicted molar refractivity (Wildman–Crippen MR) is 130 cm³/mol. The first-order chi connectivity index (χ1) is 17.1. The van der Waals surface area contributed by atoms with Crippen molar-refractivity contribution in [3.05, 3.63) is 48.4 Å². The van der Waals surface area contributed by atoms with Gasteiger partial charge in [-0.2, -0.15) is 9.97 Å².